The molecule has 76 valence electrons. The zero-order chi connectivity index (χ0) is 9.80. The lowest BCUT2D eigenvalue weighted by Gasteiger charge is -2.14. The fourth-order valence-corrected chi connectivity index (χ4v) is 2.30. The Morgan fingerprint density at radius 3 is 2.71 bits per heavy atom. The highest BCUT2D eigenvalue weighted by Crippen LogP contribution is 2.24. The van der Waals surface area contributed by atoms with Crippen molar-refractivity contribution in [2.24, 2.45) is 0 Å². The topological polar surface area (TPSA) is 12.0 Å². The molecule has 0 aliphatic carbocycles. The molecule has 0 unspecified atom stereocenters. The van der Waals surface area contributed by atoms with Crippen LogP contribution in [0, 0.1) is 0 Å². The van der Waals surface area contributed by atoms with Crippen LogP contribution < -0.4 is 5.32 Å². The van der Waals surface area contributed by atoms with Gasteiger partial charge in [0, 0.05) is 11.0 Å². The maximum Gasteiger partial charge on any atom is 0.0175 e. The van der Waals surface area contributed by atoms with Crippen molar-refractivity contribution in [1.82, 2.24) is 5.32 Å². The highest BCUT2D eigenvalue weighted by atomic mass is 79.9. The monoisotopic (exact) mass is 253 g/mol. The van der Waals surface area contributed by atoms with E-state index in [0.717, 1.165) is 6.54 Å². The highest BCUT2D eigenvalue weighted by molar-refractivity contribution is 9.10. The van der Waals surface area contributed by atoms with Crippen LogP contribution in [0.4, 0.5) is 0 Å². The third-order valence-corrected chi connectivity index (χ3v) is 3.42. The molecule has 1 nitrogen and oxygen atoms in total. The predicted octanol–water partition coefficient (Wildman–Crippen LogP) is 3.31. The van der Waals surface area contributed by atoms with Crippen LogP contribution >= 0.6 is 15.9 Å². The van der Waals surface area contributed by atoms with Crippen LogP contribution in [0.5, 0.6) is 0 Å². The Hall–Kier alpha value is -0.340. The lowest BCUT2D eigenvalue weighted by atomic mass is 9.95. The lowest BCUT2D eigenvalue weighted by molar-refractivity contribution is 0.610. The molecule has 1 aromatic carbocycles. The highest BCUT2D eigenvalue weighted by Gasteiger charge is 2.13. The summed E-state index contributed by atoms with van der Waals surface area (Å²) in [6, 6.07) is 8.75. The van der Waals surface area contributed by atoms with Crippen molar-refractivity contribution in [3.05, 3.63) is 34.3 Å². The molecule has 1 saturated heterocycles. The van der Waals surface area contributed by atoms with Gasteiger partial charge in [0.1, 0.15) is 0 Å². The fraction of sp³-hybridized carbons (Fsp3) is 0.500. The summed E-state index contributed by atoms with van der Waals surface area (Å²) in [5, 5.41) is 3.50. The molecule has 1 heterocycles. The number of hydrogen-bond acceptors (Lipinski definition) is 1. The quantitative estimate of drug-likeness (QED) is 0.810. The average molecular weight is 254 g/mol. The summed E-state index contributed by atoms with van der Waals surface area (Å²) in [5.74, 6) is 0.714. The van der Waals surface area contributed by atoms with E-state index in [-0.39, 0.29) is 0 Å². The summed E-state index contributed by atoms with van der Waals surface area (Å²) in [6.45, 7) is 2.33. The van der Waals surface area contributed by atoms with Gasteiger partial charge in [0.15, 0.2) is 0 Å². The second kappa shape index (κ2) is 4.94. The van der Waals surface area contributed by atoms with Crippen LogP contribution in [0.25, 0.3) is 0 Å². The normalized spacial score (nSPS) is 23.1. The van der Waals surface area contributed by atoms with Gasteiger partial charge in [-0.25, -0.2) is 0 Å². The van der Waals surface area contributed by atoms with Gasteiger partial charge >= 0.3 is 0 Å². The van der Waals surface area contributed by atoms with E-state index < -0.39 is 0 Å². The van der Waals surface area contributed by atoms with Crippen molar-refractivity contribution in [2.75, 3.05) is 13.1 Å². The van der Waals surface area contributed by atoms with Crippen LogP contribution in [-0.4, -0.2) is 13.1 Å². The number of halogens is 1. The van der Waals surface area contributed by atoms with Crippen molar-refractivity contribution in [3.8, 4) is 0 Å². The Bertz CT molecular complexity index is 273. The standard InChI is InChI=1S/C12H16BrN/c13-12-6-4-10(5-7-12)11-3-1-2-8-14-9-11/h4-7,11,14H,1-3,8-9H2/t11-/m0/s1. The molecular formula is C12H16BrN. The first-order valence-electron chi connectivity index (χ1n) is 5.32. The zero-order valence-corrected chi connectivity index (χ0v) is 9.89. The molecule has 0 amide bonds. The summed E-state index contributed by atoms with van der Waals surface area (Å²) in [4.78, 5) is 0. The van der Waals surface area contributed by atoms with E-state index in [0.29, 0.717) is 5.92 Å². The third-order valence-electron chi connectivity index (χ3n) is 2.89. The number of benzene rings is 1. The largest absolute Gasteiger partial charge is 0.316 e. The van der Waals surface area contributed by atoms with Gasteiger partial charge in [-0.15, -0.1) is 0 Å². The Morgan fingerprint density at radius 1 is 1.14 bits per heavy atom. The molecule has 0 saturated carbocycles. The van der Waals surface area contributed by atoms with Crippen LogP contribution in [0.3, 0.4) is 0 Å². The van der Waals surface area contributed by atoms with Crippen molar-refractivity contribution < 1.29 is 0 Å². The summed E-state index contributed by atoms with van der Waals surface area (Å²) in [5.41, 5.74) is 1.47. The maximum atomic E-state index is 3.50. The number of nitrogens with one attached hydrogen (secondary N) is 1. The molecule has 0 bridgehead atoms. The lowest BCUT2D eigenvalue weighted by Crippen LogP contribution is -2.19. The summed E-state index contributed by atoms with van der Waals surface area (Å²) < 4.78 is 1.17. The Balaban J connectivity index is 2.08. The second-order valence-electron chi connectivity index (χ2n) is 3.95. The van der Waals surface area contributed by atoms with E-state index in [1.54, 1.807) is 0 Å². The summed E-state index contributed by atoms with van der Waals surface area (Å²) in [7, 11) is 0. The van der Waals surface area contributed by atoms with Gasteiger partial charge in [-0.2, -0.15) is 0 Å². The first-order chi connectivity index (χ1) is 6.86. The predicted molar refractivity (Wildman–Crippen MR) is 63.6 cm³/mol. The summed E-state index contributed by atoms with van der Waals surface area (Å²) >= 11 is 3.47. The van der Waals surface area contributed by atoms with Gasteiger partial charge < -0.3 is 5.32 Å². The number of hydrogen-bond donors (Lipinski definition) is 1. The van der Waals surface area contributed by atoms with Crippen molar-refractivity contribution in [2.45, 2.75) is 25.2 Å². The van der Waals surface area contributed by atoms with E-state index in [1.165, 1.54) is 35.8 Å². The summed E-state index contributed by atoms with van der Waals surface area (Å²) in [6.07, 6.45) is 4.01. The van der Waals surface area contributed by atoms with Gasteiger partial charge in [0.25, 0.3) is 0 Å². The minimum absolute atomic E-state index is 0.714. The molecule has 1 atom stereocenters. The average Bonchev–Trinajstić information content (AvgIpc) is 2.47. The van der Waals surface area contributed by atoms with Crippen molar-refractivity contribution in [1.29, 1.82) is 0 Å². The first kappa shape index (κ1) is 10.2. The zero-order valence-electron chi connectivity index (χ0n) is 8.30. The third kappa shape index (κ3) is 2.58. The van der Waals surface area contributed by atoms with Crippen LogP contribution in [0.15, 0.2) is 28.7 Å². The molecule has 2 rings (SSSR count). The maximum absolute atomic E-state index is 3.50. The molecule has 2 heteroatoms. The Kier molecular flexibility index (Phi) is 3.60. The molecule has 0 spiro atoms. The Morgan fingerprint density at radius 2 is 1.93 bits per heavy atom. The van der Waals surface area contributed by atoms with Crippen LogP contribution in [-0.2, 0) is 0 Å². The molecule has 1 aliphatic rings. The fourth-order valence-electron chi connectivity index (χ4n) is 2.04. The Labute approximate surface area is 94.0 Å². The van der Waals surface area contributed by atoms with Gasteiger partial charge in [-0.05, 0) is 43.0 Å². The SMILES string of the molecule is Brc1ccc([C@H]2CCCCNC2)cc1. The van der Waals surface area contributed by atoms with Gasteiger partial charge in [-0.1, -0.05) is 34.5 Å². The van der Waals surface area contributed by atoms with Crippen molar-refractivity contribution in [3.63, 3.8) is 0 Å². The minimum Gasteiger partial charge on any atom is -0.316 e. The second-order valence-corrected chi connectivity index (χ2v) is 4.86. The molecule has 0 aromatic heterocycles. The molecular weight excluding hydrogens is 238 g/mol. The van der Waals surface area contributed by atoms with E-state index in [9.17, 15) is 0 Å². The molecule has 1 N–H and O–H groups in total. The first-order valence-corrected chi connectivity index (χ1v) is 6.12. The van der Waals surface area contributed by atoms with Gasteiger partial charge in [0.2, 0.25) is 0 Å². The van der Waals surface area contributed by atoms with E-state index in [2.05, 4.69) is 45.5 Å². The minimum atomic E-state index is 0.714. The van der Waals surface area contributed by atoms with E-state index in [4.69, 9.17) is 0 Å². The van der Waals surface area contributed by atoms with Crippen LogP contribution in [0.2, 0.25) is 0 Å². The molecule has 1 fully saturated rings. The van der Waals surface area contributed by atoms with Crippen LogP contribution in [0.1, 0.15) is 30.7 Å². The molecule has 1 aliphatic heterocycles. The van der Waals surface area contributed by atoms with Gasteiger partial charge in [0.05, 0.1) is 0 Å². The molecule has 14 heavy (non-hydrogen) atoms. The molecule has 0 radical (unpaired) electrons. The number of rotatable bonds is 1. The van der Waals surface area contributed by atoms with E-state index in [1.807, 2.05) is 0 Å². The van der Waals surface area contributed by atoms with Gasteiger partial charge in [-0.3, -0.25) is 0 Å². The molecule has 1 aromatic rings. The van der Waals surface area contributed by atoms with E-state index >= 15 is 0 Å². The van der Waals surface area contributed by atoms with Crippen molar-refractivity contribution >= 4 is 15.9 Å². The smallest absolute Gasteiger partial charge is 0.0175 e.